The van der Waals surface area contributed by atoms with Crippen molar-refractivity contribution in [3.63, 3.8) is 0 Å². The lowest BCUT2D eigenvalue weighted by Gasteiger charge is -2.20. The summed E-state index contributed by atoms with van der Waals surface area (Å²) in [6.07, 6.45) is 2.33. The number of carbonyl (C=O) groups is 1. The standard InChI is InChI=1S/C13H15ClFNO2/c14-11-5-10(3-4-12(11)15)7-16(8-13(17)18)6-9-1-2-9/h3-5,9H,1-2,6-8H2,(H,17,18). The largest absolute Gasteiger partial charge is 0.480 e. The van der Waals surface area contributed by atoms with Crippen LogP contribution in [-0.2, 0) is 11.3 Å². The number of nitrogens with zero attached hydrogens (tertiary/aromatic N) is 1. The molecule has 0 radical (unpaired) electrons. The molecule has 1 saturated carbocycles. The molecule has 1 aliphatic carbocycles. The molecule has 0 bridgehead atoms. The van der Waals surface area contributed by atoms with Crippen molar-refractivity contribution < 1.29 is 14.3 Å². The normalized spacial score (nSPS) is 15.1. The van der Waals surface area contributed by atoms with Gasteiger partial charge in [-0.05, 0) is 36.5 Å². The van der Waals surface area contributed by atoms with E-state index in [-0.39, 0.29) is 11.6 Å². The van der Waals surface area contributed by atoms with E-state index < -0.39 is 11.8 Å². The van der Waals surface area contributed by atoms with Crippen LogP contribution in [0.1, 0.15) is 18.4 Å². The molecule has 0 unspecified atom stereocenters. The number of hydrogen-bond donors (Lipinski definition) is 1. The predicted octanol–water partition coefficient (Wildman–Crippen LogP) is 2.78. The van der Waals surface area contributed by atoms with Gasteiger partial charge in [0, 0.05) is 13.1 Å². The van der Waals surface area contributed by atoms with Crippen LogP contribution >= 0.6 is 11.6 Å². The van der Waals surface area contributed by atoms with Crippen LogP contribution in [-0.4, -0.2) is 29.1 Å². The summed E-state index contributed by atoms with van der Waals surface area (Å²) >= 11 is 5.71. The van der Waals surface area contributed by atoms with Gasteiger partial charge in [-0.2, -0.15) is 0 Å². The zero-order valence-corrected chi connectivity index (χ0v) is 10.7. The summed E-state index contributed by atoms with van der Waals surface area (Å²) in [5.41, 5.74) is 0.836. The van der Waals surface area contributed by atoms with Crippen molar-refractivity contribution in [2.75, 3.05) is 13.1 Å². The van der Waals surface area contributed by atoms with Crippen LogP contribution in [0.3, 0.4) is 0 Å². The lowest BCUT2D eigenvalue weighted by molar-refractivity contribution is -0.138. The van der Waals surface area contributed by atoms with Gasteiger partial charge in [0.2, 0.25) is 0 Å². The lowest BCUT2D eigenvalue weighted by Crippen LogP contribution is -2.31. The number of rotatable bonds is 6. The average Bonchev–Trinajstić information content (AvgIpc) is 3.06. The van der Waals surface area contributed by atoms with Crippen LogP contribution in [0.5, 0.6) is 0 Å². The highest BCUT2D eigenvalue weighted by atomic mass is 35.5. The molecule has 1 aromatic carbocycles. The Hall–Kier alpha value is -1.13. The van der Waals surface area contributed by atoms with E-state index in [2.05, 4.69) is 0 Å². The van der Waals surface area contributed by atoms with Gasteiger partial charge in [-0.25, -0.2) is 4.39 Å². The quantitative estimate of drug-likeness (QED) is 0.865. The molecule has 5 heteroatoms. The van der Waals surface area contributed by atoms with Crippen molar-refractivity contribution in [2.45, 2.75) is 19.4 Å². The van der Waals surface area contributed by atoms with Crippen LogP contribution in [0, 0.1) is 11.7 Å². The molecule has 98 valence electrons. The number of aliphatic carboxylic acids is 1. The zero-order chi connectivity index (χ0) is 13.1. The van der Waals surface area contributed by atoms with Gasteiger partial charge in [0.05, 0.1) is 11.6 Å². The number of benzene rings is 1. The van der Waals surface area contributed by atoms with Crippen molar-refractivity contribution >= 4 is 17.6 Å². The molecule has 0 atom stereocenters. The topological polar surface area (TPSA) is 40.5 Å². The Morgan fingerprint density at radius 2 is 2.22 bits per heavy atom. The third kappa shape index (κ3) is 3.96. The highest BCUT2D eigenvalue weighted by Crippen LogP contribution is 2.30. The number of carboxylic acid groups (broad SMARTS) is 1. The van der Waals surface area contributed by atoms with Gasteiger partial charge in [-0.3, -0.25) is 9.69 Å². The third-order valence-corrected chi connectivity index (χ3v) is 3.25. The summed E-state index contributed by atoms with van der Waals surface area (Å²) in [4.78, 5) is 12.7. The monoisotopic (exact) mass is 271 g/mol. The van der Waals surface area contributed by atoms with E-state index in [1.807, 2.05) is 4.90 Å². The first-order valence-electron chi connectivity index (χ1n) is 5.92. The fourth-order valence-corrected chi connectivity index (χ4v) is 2.14. The van der Waals surface area contributed by atoms with Gasteiger partial charge in [-0.1, -0.05) is 17.7 Å². The molecule has 0 amide bonds. The van der Waals surface area contributed by atoms with E-state index in [1.54, 1.807) is 12.1 Å². The van der Waals surface area contributed by atoms with Gasteiger partial charge in [0.1, 0.15) is 5.82 Å². The van der Waals surface area contributed by atoms with Gasteiger partial charge >= 0.3 is 5.97 Å². The summed E-state index contributed by atoms with van der Waals surface area (Å²) in [7, 11) is 0. The second-order valence-corrected chi connectivity index (χ2v) is 5.16. The smallest absolute Gasteiger partial charge is 0.317 e. The van der Waals surface area contributed by atoms with Crippen molar-refractivity contribution in [1.82, 2.24) is 4.90 Å². The summed E-state index contributed by atoms with van der Waals surface area (Å²) in [6.45, 7) is 1.27. The SMILES string of the molecule is O=C(O)CN(Cc1ccc(F)c(Cl)c1)CC1CC1. The van der Waals surface area contributed by atoms with Crippen molar-refractivity contribution in [3.8, 4) is 0 Å². The lowest BCUT2D eigenvalue weighted by atomic mass is 10.2. The molecule has 0 aliphatic heterocycles. The molecule has 0 aromatic heterocycles. The molecule has 2 rings (SSSR count). The Bertz CT molecular complexity index is 449. The first-order valence-corrected chi connectivity index (χ1v) is 6.30. The Balaban J connectivity index is 2.01. The first kappa shape index (κ1) is 13.3. The van der Waals surface area contributed by atoms with Crippen LogP contribution in [0.4, 0.5) is 4.39 Å². The van der Waals surface area contributed by atoms with Crippen LogP contribution in [0.2, 0.25) is 5.02 Å². The predicted molar refractivity (Wildman–Crippen MR) is 67.0 cm³/mol. The van der Waals surface area contributed by atoms with Crippen LogP contribution < -0.4 is 0 Å². The molecule has 1 fully saturated rings. The molecule has 1 N–H and O–H groups in total. The minimum absolute atomic E-state index is 0.00545. The van der Waals surface area contributed by atoms with E-state index in [9.17, 15) is 9.18 Å². The average molecular weight is 272 g/mol. The Morgan fingerprint density at radius 1 is 1.50 bits per heavy atom. The fraction of sp³-hybridized carbons (Fsp3) is 0.462. The van der Waals surface area contributed by atoms with Crippen LogP contribution in [0.25, 0.3) is 0 Å². The highest BCUT2D eigenvalue weighted by Gasteiger charge is 2.25. The molecule has 0 spiro atoms. The molecular formula is C13H15ClFNO2. The Kier molecular flexibility index (Phi) is 4.19. The minimum Gasteiger partial charge on any atom is -0.480 e. The molecule has 3 nitrogen and oxygen atoms in total. The van der Waals surface area contributed by atoms with Gasteiger partial charge in [-0.15, -0.1) is 0 Å². The molecular weight excluding hydrogens is 257 g/mol. The van der Waals surface area contributed by atoms with Gasteiger partial charge in [0.15, 0.2) is 0 Å². The minimum atomic E-state index is -0.844. The summed E-state index contributed by atoms with van der Waals surface area (Å²) in [5.74, 6) is -0.684. The van der Waals surface area contributed by atoms with Gasteiger partial charge < -0.3 is 5.11 Å². The highest BCUT2D eigenvalue weighted by molar-refractivity contribution is 6.30. The van der Waals surface area contributed by atoms with Gasteiger partial charge in [0.25, 0.3) is 0 Å². The van der Waals surface area contributed by atoms with Crippen molar-refractivity contribution in [2.24, 2.45) is 5.92 Å². The molecule has 1 aromatic rings. The Labute approximate surface area is 110 Å². The molecule has 1 aliphatic rings. The fourth-order valence-electron chi connectivity index (χ4n) is 1.94. The van der Waals surface area contributed by atoms with E-state index in [4.69, 9.17) is 16.7 Å². The Morgan fingerprint density at radius 3 is 2.78 bits per heavy atom. The third-order valence-electron chi connectivity index (χ3n) is 2.96. The van der Waals surface area contributed by atoms with E-state index in [1.165, 1.54) is 18.9 Å². The van der Waals surface area contributed by atoms with E-state index in [0.29, 0.717) is 12.5 Å². The van der Waals surface area contributed by atoms with E-state index >= 15 is 0 Å². The molecule has 18 heavy (non-hydrogen) atoms. The number of halogens is 2. The number of hydrogen-bond acceptors (Lipinski definition) is 2. The summed E-state index contributed by atoms with van der Waals surface area (Å²) in [6, 6.07) is 4.51. The maximum Gasteiger partial charge on any atom is 0.317 e. The summed E-state index contributed by atoms with van der Waals surface area (Å²) < 4.78 is 13.0. The van der Waals surface area contributed by atoms with Crippen LogP contribution in [0.15, 0.2) is 18.2 Å². The molecule has 0 heterocycles. The number of carboxylic acids is 1. The maximum atomic E-state index is 13.0. The van der Waals surface area contributed by atoms with Crippen molar-refractivity contribution in [1.29, 1.82) is 0 Å². The molecule has 0 saturated heterocycles. The second-order valence-electron chi connectivity index (χ2n) is 4.76. The second kappa shape index (κ2) is 5.67. The first-order chi connectivity index (χ1) is 8.54. The van der Waals surface area contributed by atoms with E-state index in [0.717, 1.165) is 12.1 Å². The van der Waals surface area contributed by atoms with Crippen molar-refractivity contribution in [3.05, 3.63) is 34.6 Å². The summed E-state index contributed by atoms with van der Waals surface area (Å²) in [5, 5.41) is 8.94. The zero-order valence-electron chi connectivity index (χ0n) is 9.90. The maximum absolute atomic E-state index is 13.0.